The zero-order valence-corrected chi connectivity index (χ0v) is 14.5. The SMILES string of the molecule is CCc1noc(C(C)N2CCN(Cc3ccc(Cl)cc3)CC2)n1. The minimum Gasteiger partial charge on any atom is -0.338 e. The van der Waals surface area contributed by atoms with Crippen molar-refractivity contribution in [2.24, 2.45) is 0 Å². The minimum absolute atomic E-state index is 0.181. The van der Waals surface area contributed by atoms with Crippen LogP contribution in [0.25, 0.3) is 0 Å². The van der Waals surface area contributed by atoms with Crippen molar-refractivity contribution in [2.45, 2.75) is 32.9 Å². The molecule has 3 rings (SSSR count). The molecule has 0 spiro atoms. The fourth-order valence-electron chi connectivity index (χ4n) is 2.89. The van der Waals surface area contributed by atoms with Crippen LogP contribution in [0.5, 0.6) is 0 Å². The van der Waals surface area contributed by atoms with Crippen LogP contribution in [0.2, 0.25) is 5.02 Å². The number of hydrogen-bond donors (Lipinski definition) is 0. The molecule has 1 saturated heterocycles. The molecule has 0 N–H and O–H groups in total. The van der Waals surface area contributed by atoms with Gasteiger partial charge >= 0.3 is 0 Å². The van der Waals surface area contributed by atoms with Gasteiger partial charge in [-0.05, 0) is 24.6 Å². The van der Waals surface area contributed by atoms with E-state index in [1.807, 2.05) is 19.1 Å². The van der Waals surface area contributed by atoms with Gasteiger partial charge in [0.1, 0.15) is 0 Å². The zero-order valence-electron chi connectivity index (χ0n) is 13.7. The number of nitrogens with zero attached hydrogens (tertiary/aromatic N) is 4. The van der Waals surface area contributed by atoms with Gasteiger partial charge in [-0.1, -0.05) is 35.8 Å². The monoisotopic (exact) mass is 334 g/mol. The van der Waals surface area contributed by atoms with Crippen molar-refractivity contribution in [1.82, 2.24) is 19.9 Å². The first-order valence-corrected chi connectivity index (χ1v) is 8.57. The summed E-state index contributed by atoms with van der Waals surface area (Å²) in [4.78, 5) is 9.33. The molecule has 23 heavy (non-hydrogen) atoms. The quantitative estimate of drug-likeness (QED) is 0.840. The molecule has 1 fully saturated rings. The Morgan fingerprint density at radius 3 is 2.48 bits per heavy atom. The van der Waals surface area contributed by atoms with Crippen molar-refractivity contribution in [2.75, 3.05) is 26.2 Å². The molecule has 1 atom stereocenters. The van der Waals surface area contributed by atoms with Crippen LogP contribution < -0.4 is 0 Å². The van der Waals surface area contributed by atoms with Crippen LogP contribution in [0.3, 0.4) is 0 Å². The van der Waals surface area contributed by atoms with E-state index in [0.717, 1.165) is 55.9 Å². The summed E-state index contributed by atoms with van der Waals surface area (Å²) in [5, 5.41) is 4.78. The minimum atomic E-state index is 0.181. The van der Waals surface area contributed by atoms with Gasteiger partial charge in [0.15, 0.2) is 5.82 Å². The lowest BCUT2D eigenvalue weighted by atomic mass is 10.2. The second kappa shape index (κ2) is 7.43. The lowest BCUT2D eigenvalue weighted by Gasteiger charge is -2.36. The Kier molecular flexibility index (Phi) is 5.30. The van der Waals surface area contributed by atoms with Gasteiger partial charge in [-0.25, -0.2) is 0 Å². The van der Waals surface area contributed by atoms with Crippen LogP contribution in [0.1, 0.15) is 37.2 Å². The first-order valence-electron chi connectivity index (χ1n) is 8.19. The number of hydrogen-bond acceptors (Lipinski definition) is 5. The van der Waals surface area contributed by atoms with Crippen molar-refractivity contribution in [3.63, 3.8) is 0 Å². The van der Waals surface area contributed by atoms with Crippen LogP contribution >= 0.6 is 11.6 Å². The second-order valence-electron chi connectivity index (χ2n) is 6.02. The molecule has 6 heteroatoms. The Hall–Kier alpha value is -1.43. The summed E-state index contributed by atoms with van der Waals surface area (Å²) in [6.45, 7) is 9.26. The molecule has 1 aliphatic heterocycles. The molecule has 5 nitrogen and oxygen atoms in total. The molecule has 1 aliphatic rings. The molecule has 1 aromatic carbocycles. The summed E-state index contributed by atoms with van der Waals surface area (Å²) < 4.78 is 5.38. The summed E-state index contributed by atoms with van der Waals surface area (Å²) in [6, 6.07) is 8.29. The topological polar surface area (TPSA) is 45.4 Å². The lowest BCUT2D eigenvalue weighted by molar-refractivity contribution is 0.0845. The van der Waals surface area contributed by atoms with E-state index in [4.69, 9.17) is 16.1 Å². The van der Waals surface area contributed by atoms with Crippen molar-refractivity contribution in [3.8, 4) is 0 Å². The highest BCUT2D eigenvalue weighted by molar-refractivity contribution is 6.30. The van der Waals surface area contributed by atoms with E-state index >= 15 is 0 Å². The maximum Gasteiger partial charge on any atom is 0.243 e. The summed E-state index contributed by atoms with van der Waals surface area (Å²) in [7, 11) is 0. The van der Waals surface area contributed by atoms with Gasteiger partial charge < -0.3 is 4.52 Å². The number of piperazine rings is 1. The van der Waals surface area contributed by atoms with E-state index in [2.05, 4.69) is 39.0 Å². The largest absolute Gasteiger partial charge is 0.338 e. The molecule has 1 aromatic heterocycles. The van der Waals surface area contributed by atoms with Gasteiger partial charge in [0, 0.05) is 44.2 Å². The van der Waals surface area contributed by atoms with Crippen molar-refractivity contribution < 1.29 is 4.52 Å². The van der Waals surface area contributed by atoms with Crippen molar-refractivity contribution in [1.29, 1.82) is 0 Å². The molecule has 0 radical (unpaired) electrons. The number of aromatic nitrogens is 2. The van der Waals surface area contributed by atoms with E-state index in [9.17, 15) is 0 Å². The standard InChI is InChI=1S/C17H23ClN4O/c1-3-16-19-17(23-20-16)13(2)22-10-8-21(9-11-22)12-14-4-6-15(18)7-5-14/h4-7,13H,3,8-12H2,1-2H3. The molecule has 0 saturated carbocycles. The molecule has 124 valence electrons. The van der Waals surface area contributed by atoms with Gasteiger partial charge in [0.25, 0.3) is 0 Å². The summed E-state index contributed by atoms with van der Waals surface area (Å²) in [5.41, 5.74) is 1.31. The van der Waals surface area contributed by atoms with E-state index in [0.29, 0.717) is 0 Å². The Bertz CT molecular complexity index is 620. The zero-order chi connectivity index (χ0) is 16.2. The Morgan fingerprint density at radius 2 is 1.87 bits per heavy atom. The fraction of sp³-hybridized carbons (Fsp3) is 0.529. The molecule has 0 amide bonds. The van der Waals surface area contributed by atoms with Crippen LogP contribution in [0.4, 0.5) is 0 Å². The summed E-state index contributed by atoms with van der Waals surface area (Å²) >= 11 is 5.94. The molecule has 2 heterocycles. The highest BCUT2D eigenvalue weighted by Crippen LogP contribution is 2.21. The van der Waals surface area contributed by atoms with Crippen LogP contribution in [0.15, 0.2) is 28.8 Å². The summed E-state index contributed by atoms with van der Waals surface area (Å²) in [6.07, 6.45) is 0.811. The van der Waals surface area contributed by atoms with E-state index < -0.39 is 0 Å². The number of benzene rings is 1. The Balaban J connectivity index is 1.52. The molecule has 2 aromatic rings. The number of aryl methyl sites for hydroxylation is 1. The van der Waals surface area contributed by atoms with Crippen molar-refractivity contribution in [3.05, 3.63) is 46.6 Å². The third kappa shape index (κ3) is 4.10. The van der Waals surface area contributed by atoms with Gasteiger partial charge in [0.05, 0.1) is 6.04 Å². The van der Waals surface area contributed by atoms with Crippen LogP contribution in [-0.4, -0.2) is 46.1 Å². The van der Waals surface area contributed by atoms with Crippen LogP contribution in [0, 0.1) is 0 Å². The molecular formula is C17H23ClN4O. The van der Waals surface area contributed by atoms with Gasteiger partial charge in [-0.2, -0.15) is 4.98 Å². The maximum atomic E-state index is 5.94. The lowest BCUT2D eigenvalue weighted by Crippen LogP contribution is -2.46. The number of halogens is 1. The fourth-order valence-corrected chi connectivity index (χ4v) is 3.02. The highest BCUT2D eigenvalue weighted by Gasteiger charge is 2.25. The molecule has 0 bridgehead atoms. The molecule has 0 aliphatic carbocycles. The smallest absolute Gasteiger partial charge is 0.243 e. The second-order valence-corrected chi connectivity index (χ2v) is 6.45. The predicted octanol–water partition coefficient (Wildman–Crippen LogP) is 3.16. The molecular weight excluding hydrogens is 312 g/mol. The predicted molar refractivity (Wildman–Crippen MR) is 90.4 cm³/mol. The Labute approximate surface area is 142 Å². The van der Waals surface area contributed by atoms with Crippen LogP contribution in [-0.2, 0) is 13.0 Å². The van der Waals surface area contributed by atoms with Gasteiger partial charge in [-0.3, -0.25) is 9.80 Å². The highest BCUT2D eigenvalue weighted by atomic mass is 35.5. The third-order valence-electron chi connectivity index (χ3n) is 4.43. The number of rotatable bonds is 5. The summed E-state index contributed by atoms with van der Waals surface area (Å²) in [5.74, 6) is 1.52. The normalized spacial score (nSPS) is 18.2. The van der Waals surface area contributed by atoms with Crippen molar-refractivity contribution >= 4 is 11.6 Å². The van der Waals surface area contributed by atoms with E-state index in [1.165, 1.54) is 5.56 Å². The first-order chi connectivity index (χ1) is 11.2. The Morgan fingerprint density at radius 1 is 1.17 bits per heavy atom. The molecule has 1 unspecified atom stereocenters. The average Bonchev–Trinajstić information content (AvgIpc) is 3.06. The average molecular weight is 335 g/mol. The van der Waals surface area contributed by atoms with Gasteiger partial charge in [0.2, 0.25) is 5.89 Å². The van der Waals surface area contributed by atoms with Gasteiger partial charge in [-0.15, -0.1) is 0 Å². The first kappa shape index (κ1) is 16.4. The maximum absolute atomic E-state index is 5.94. The van der Waals surface area contributed by atoms with E-state index in [1.54, 1.807) is 0 Å². The van der Waals surface area contributed by atoms with E-state index in [-0.39, 0.29) is 6.04 Å². The third-order valence-corrected chi connectivity index (χ3v) is 4.68.